The molecule has 0 atom stereocenters. The number of hydrogen-bond acceptors (Lipinski definition) is 3. The normalized spacial score (nSPS) is 11.7. The predicted octanol–water partition coefficient (Wildman–Crippen LogP) is 2.51. The quantitative estimate of drug-likeness (QED) is 0.622. The molecule has 0 aromatic rings. The average molecular weight is 204 g/mol. The molecule has 0 spiro atoms. The van der Waals surface area contributed by atoms with Gasteiger partial charge in [-0.3, -0.25) is 4.79 Å². The Bertz CT molecular complexity index is 149. The lowest BCUT2D eigenvalue weighted by atomic mass is 10.2. The summed E-state index contributed by atoms with van der Waals surface area (Å²) in [5, 5.41) is 0. The molecule has 0 heterocycles. The zero-order valence-electron chi connectivity index (χ0n) is 9.05. The van der Waals surface area contributed by atoms with Crippen molar-refractivity contribution in [3.8, 4) is 0 Å². The van der Waals surface area contributed by atoms with E-state index in [0.717, 1.165) is 6.42 Å². The van der Waals surface area contributed by atoms with Gasteiger partial charge in [-0.2, -0.15) is 0 Å². The third-order valence-corrected chi connectivity index (χ3v) is 2.80. The first kappa shape index (κ1) is 13.0. The molecule has 0 fully saturated rings. The van der Waals surface area contributed by atoms with E-state index in [0.29, 0.717) is 24.6 Å². The van der Waals surface area contributed by atoms with E-state index in [4.69, 9.17) is 4.74 Å². The Morgan fingerprint density at radius 3 is 2.46 bits per heavy atom. The number of carbonyl (C=O) groups is 1. The molecule has 13 heavy (non-hydrogen) atoms. The second-order valence-corrected chi connectivity index (χ2v) is 5.84. The molecular weight excluding hydrogens is 184 g/mol. The van der Waals surface area contributed by atoms with Crippen molar-refractivity contribution in [3.63, 3.8) is 0 Å². The van der Waals surface area contributed by atoms with Crippen LogP contribution in [0.1, 0.15) is 33.6 Å². The van der Waals surface area contributed by atoms with Gasteiger partial charge in [-0.1, -0.05) is 20.8 Å². The van der Waals surface area contributed by atoms with Crippen LogP contribution in [0.2, 0.25) is 0 Å². The molecule has 3 heteroatoms. The van der Waals surface area contributed by atoms with Crippen LogP contribution >= 0.6 is 11.8 Å². The standard InChI is InChI=1S/C10H20O2S/c1-10(2,3)13-8-9(11)6-5-7-12-4/h5-8H2,1-4H3. The van der Waals surface area contributed by atoms with Crippen LogP contribution in [-0.2, 0) is 9.53 Å². The molecule has 0 aliphatic rings. The van der Waals surface area contributed by atoms with Gasteiger partial charge in [-0.15, -0.1) is 11.8 Å². The molecule has 0 unspecified atom stereocenters. The van der Waals surface area contributed by atoms with Crippen LogP contribution in [0.5, 0.6) is 0 Å². The molecule has 0 saturated carbocycles. The second-order valence-electron chi connectivity index (χ2n) is 4.04. The van der Waals surface area contributed by atoms with Crippen molar-refractivity contribution in [2.45, 2.75) is 38.4 Å². The van der Waals surface area contributed by atoms with E-state index in [1.54, 1.807) is 18.9 Å². The van der Waals surface area contributed by atoms with Crippen molar-refractivity contribution in [2.24, 2.45) is 0 Å². The Morgan fingerprint density at radius 2 is 2.00 bits per heavy atom. The molecule has 78 valence electrons. The van der Waals surface area contributed by atoms with E-state index in [9.17, 15) is 4.79 Å². The van der Waals surface area contributed by atoms with Gasteiger partial charge in [0, 0.05) is 24.9 Å². The highest BCUT2D eigenvalue weighted by atomic mass is 32.2. The third kappa shape index (κ3) is 9.90. The van der Waals surface area contributed by atoms with E-state index in [2.05, 4.69) is 20.8 Å². The van der Waals surface area contributed by atoms with Crippen LogP contribution in [0.25, 0.3) is 0 Å². The largest absolute Gasteiger partial charge is 0.385 e. The van der Waals surface area contributed by atoms with E-state index in [1.165, 1.54) is 0 Å². The van der Waals surface area contributed by atoms with Crippen molar-refractivity contribution in [2.75, 3.05) is 19.5 Å². The molecule has 0 aliphatic heterocycles. The zero-order chi connectivity index (χ0) is 10.3. The zero-order valence-corrected chi connectivity index (χ0v) is 9.87. The van der Waals surface area contributed by atoms with Crippen LogP contribution in [0.4, 0.5) is 0 Å². The van der Waals surface area contributed by atoms with Crippen molar-refractivity contribution >= 4 is 17.5 Å². The third-order valence-electron chi connectivity index (χ3n) is 1.47. The summed E-state index contributed by atoms with van der Waals surface area (Å²) in [5.41, 5.74) is 0. The molecule has 0 aromatic carbocycles. The van der Waals surface area contributed by atoms with Crippen molar-refractivity contribution in [3.05, 3.63) is 0 Å². The highest BCUT2D eigenvalue weighted by Crippen LogP contribution is 2.23. The van der Waals surface area contributed by atoms with Crippen molar-refractivity contribution in [1.82, 2.24) is 0 Å². The Morgan fingerprint density at radius 1 is 1.38 bits per heavy atom. The number of rotatable bonds is 6. The molecule has 0 bridgehead atoms. The van der Waals surface area contributed by atoms with Gasteiger partial charge in [0.2, 0.25) is 0 Å². The number of ketones is 1. The number of ether oxygens (including phenoxy) is 1. The topological polar surface area (TPSA) is 26.3 Å². The van der Waals surface area contributed by atoms with Gasteiger partial charge >= 0.3 is 0 Å². The molecule has 0 N–H and O–H groups in total. The lowest BCUT2D eigenvalue weighted by Crippen LogP contribution is -2.13. The summed E-state index contributed by atoms with van der Waals surface area (Å²) in [6.07, 6.45) is 1.50. The first-order chi connectivity index (χ1) is 5.95. The Kier molecular flexibility index (Phi) is 6.43. The molecule has 0 amide bonds. The Labute approximate surface area is 85.4 Å². The highest BCUT2D eigenvalue weighted by Gasteiger charge is 2.12. The summed E-state index contributed by atoms with van der Waals surface area (Å²) in [7, 11) is 1.66. The van der Waals surface area contributed by atoms with E-state index in [-0.39, 0.29) is 4.75 Å². The molecule has 0 rings (SSSR count). The molecule has 2 nitrogen and oxygen atoms in total. The minimum Gasteiger partial charge on any atom is -0.385 e. The smallest absolute Gasteiger partial charge is 0.142 e. The maximum absolute atomic E-state index is 11.3. The van der Waals surface area contributed by atoms with Gasteiger partial charge in [-0.25, -0.2) is 0 Å². The number of hydrogen-bond donors (Lipinski definition) is 0. The molecule has 0 aromatic heterocycles. The van der Waals surface area contributed by atoms with Crippen LogP contribution < -0.4 is 0 Å². The summed E-state index contributed by atoms with van der Waals surface area (Å²) < 4.78 is 5.07. The maximum atomic E-state index is 11.3. The highest BCUT2D eigenvalue weighted by molar-refractivity contribution is 8.01. The predicted molar refractivity (Wildman–Crippen MR) is 58.3 cm³/mol. The van der Waals surface area contributed by atoms with Gasteiger partial charge in [-0.05, 0) is 6.42 Å². The number of carbonyl (C=O) groups excluding carboxylic acids is 1. The SMILES string of the molecule is COCCCC(=O)CSC(C)(C)C. The number of Topliss-reactive ketones (excluding diaryl/α,β-unsaturated/α-hetero) is 1. The van der Waals surface area contributed by atoms with Gasteiger partial charge in [0.25, 0.3) is 0 Å². The Balaban J connectivity index is 3.41. The summed E-state index contributed by atoms with van der Waals surface area (Å²) in [6, 6.07) is 0. The fraction of sp³-hybridized carbons (Fsp3) is 0.900. The summed E-state index contributed by atoms with van der Waals surface area (Å²) in [5.74, 6) is 0.963. The first-order valence-electron chi connectivity index (χ1n) is 4.60. The van der Waals surface area contributed by atoms with E-state index in [1.807, 2.05) is 0 Å². The van der Waals surface area contributed by atoms with Crippen LogP contribution in [0.15, 0.2) is 0 Å². The second kappa shape index (κ2) is 6.44. The monoisotopic (exact) mass is 204 g/mol. The molecule has 0 aliphatic carbocycles. The summed E-state index contributed by atoms with van der Waals surface area (Å²) in [6.45, 7) is 7.06. The molecule has 0 radical (unpaired) electrons. The first-order valence-corrected chi connectivity index (χ1v) is 5.59. The fourth-order valence-corrected chi connectivity index (χ4v) is 1.52. The van der Waals surface area contributed by atoms with Crippen LogP contribution in [0, 0.1) is 0 Å². The molecule has 0 saturated heterocycles. The average Bonchev–Trinajstić information content (AvgIpc) is 2.00. The van der Waals surface area contributed by atoms with Crippen LogP contribution in [0.3, 0.4) is 0 Å². The Hall–Kier alpha value is -0.0200. The lowest BCUT2D eigenvalue weighted by molar-refractivity contribution is -0.116. The lowest BCUT2D eigenvalue weighted by Gasteiger charge is -2.16. The fourth-order valence-electron chi connectivity index (χ4n) is 0.783. The van der Waals surface area contributed by atoms with Crippen molar-refractivity contribution < 1.29 is 9.53 Å². The van der Waals surface area contributed by atoms with E-state index >= 15 is 0 Å². The molecular formula is C10H20O2S. The summed E-state index contributed by atoms with van der Waals surface area (Å²) in [4.78, 5) is 11.3. The minimum absolute atomic E-state index is 0.191. The number of methoxy groups -OCH3 is 1. The minimum atomic E-state index is 0.191. The van der Waals surface area contributed by atoms with Gasteiger partial charge in [0.15, 0.2) is 0 Å². The number of thioether (sulfide) groups is 1. The van der Waals surface area contributed by atoms with Gasteiger partial charge in [0.1, 0.15) is 5.78 Å². The van der Waals surface area contributed by atoms with Crippen LogP contribution in [-0.4, -0.2) is 30.0 Å². The maximum Gasteiger partial charge on any atom is 0.142 e. The van der Waals surface area contributed by atoms with Gasteiger partial charge < -0.3 is 4.74 Å². The van der Waals surface area contributed by atoms with Crippen molar-refractivity contribution in [1.29, 1.82) is 0 Å². The van der Waals surface area contributed by atoms with E-state index < -0.39 is 0 Å². The van der Waals surface area contributed by atoms with Gasteiger partial charge in [0.05, 0.1) is 5.75 Å². The summed E-state index contributed by atoms with van der Waals surface area (Å²) >= 11 is 1.71.